The summed E-state index contributed by atoms with van der Waals surface area (Å²) in [6, 6.07) is 0.824. The number of likely N-dealkylation sites (N-methyl/N-ethyl adjacent to an activating group) is 1. The van der Waals surface area contributed by atoms with Gasteiger partial charge >= 0.3 is 0 Å². The summed E-state index contributed by atoms with van der Waals surface area (Å²) in [6.07, 6.45) is 2.45. The molecule has 0 spiro atoms. The van der Waals surface area contributed by atoms with Gasteiger partial charge in [0.1, 0.15) is 0 Å². The number of nitrogens with two attached hydrogens (primary N) is 1. The molecule has 3 heteroatoms. The maximum Gasteiger partial charge on any atom is 0.0589 e. The highest BCUT2D eigenvalue weighted by Crippen LogP contribution is 2.37. The van der Waals surface area contributed by atoms with Gasteiger partial charge in [-0.25, -0.2) is 0 Å². The Hall–Kier alpha value is -0.120. The SMILES string of the molecule is COCCN(C)C1CCC(C)(C)C1N. The third-order valence-corrected chi connectivity index (χ3v) is 3.62. The van der Waals surface area contributed by atoms with E-state index in [2.05, 4.69) is 25.8 Å². The Kier molecular flexibility index (Phi) is 3.93. The quantitative estimate of drug-likeness (QED) is 0.738. The van der Waals surface area contributed by atoms with Gasteiger partial charge in [0.2, 0.25) is 0 Å². The minimum atomic E-state index is 0.296. The van der Waals surface area contributed by atoms with Gasteiger partial charge < -0.3 is 10.5 Å². The van der Waals surface area contributed by atoms with Crippen LogP contribution in [-0.2, 0) is 4.74 Å². The predicted molar refractivity (Wildman–Crippen MR) is 59.3 cm³/mol. The van der Waals surface area contributed by atoms with Crippen molar-refractivity contribution in [2.75, 3.05) is 27.3 Å². The summed E-state index contributed by atoms with van der Waals surface area (Å²) in [4.78, 5) is 2.34. The van der Waals surface area contributed by atoms with Crippen LogP contribution in [0.1, 0.15) is 26.7 Å². The first-order valence-corrected chi connectivity index (χ1v) is 5.44. The molecule has 0 saturated heterocycles. The molecule has 1 aliphatic carbocycles. The zero-order chi connectivity index (χ0) is 10.8. The zero-order valence-corrected chi connectivity index (χ0v) is 9.92. The minimum absolute atomic E-state index is 0.296. The van der Waals surface area contributed by atoms with Crippen LogP contribution in [0.25, 0.3) is 0 Å². The van der Waals surface area contributed by atoms with E-state index in [1.807, 2.05) is 0 Å². The van der Waals surface area contributed by atoms with Crippen LogP contribution < -0.4 is 5.73 Å². The van der Waals surface area contributed by atoms with Crippen molar-refractivity contribution >= 4 is 0 Å². The summed E-state index contributed by atoms with van der Waals surface area (Å²) < 4.78 is 5.08. The van der Waals surface area contributed by atoms with Crippen molar-refractivity contribution in [3.63, 3.8) is 0 Å². The van der Waals surface area contributed by atoms with Gasteiger partial charge in [-0.1, -0.05) is 13.8 Å². The zero-order valence-electron chi connectivity index (χ0n) is 9.92. The molecule has 3 nitrogen and oxygen atoms in total. The summed E-state index contributed by atoms with van der Waals surface area (Å²) >= 11 is 0. The lowest BCUT2D eigenvalue weighted by Gasteiger charge is -2.32. The van der Waals surface area contributed by atoms with E-state index >= 15 is 0 Å². The average Bonchev–Trinajstić information content (AvgIpc) is 2.39. The van der Waals surface area contributed by atoms with Crippen LogP contribution in [0.15, 0.2) is 0 Å². The van der Waals surface area contributed by atoms with Crippen LogP contribution in [0.2, 0.25) is 0 Å². The maximum absolute atomic E-state index is 6.25. The number of methoxy groups -OCH3 is 1. The molecule has 1 saturated carbocycles. The summed E-state index contributed by atoms with van der Waals surface area (Å²) in [5.41, 5.74) is 6.54. The molecule has 1 fully saturated rings. The Labute approximate surface area is 87.6 Å². The second-order valence-electron chi connectivity index (χ2n) is 5.09. The summed E-state index contributed by atoms with van der Waals surface area (Å²) in [7, 11) is 3.89. The van der Waals surface area contributed by atoms with Crippen molar-refractivity contribution in [2.24, 2.45) is 11.1 Å². The van der Waals surface area contributed by atoms with E-state index in [9.17, 15) is 0 Å². The van der Waals surface area contributed by atoms with E-state index in [4.69, 9.17) is 10.5 Å². The molecule has 0 heterocycles. The molecule has 0 aliphatic heterocycles. The van der Waals surface area contributed by atoms with E-state index in [-0.39, 0.29) is 0 Å². The van der Waals surface area contributed by atoms with E-state index in [1.54, 1.807) is 7.11 Å². The second-order valence-corrected chi connectivity index (χ2v) is 5.09. The highest BCUT2D eigenvalue weighted by Gasteiger charge is 2.40. The van der Waals surface area contributed by atoms with Gasteiger partial charge in [-0.05, 0) is 25.3 Å². The lowest BCUT2D eigenvalue weighted by molar-refractivity contribution is 0.127. The molecule has 1 rings (SSSR count). The normalized spacial score (nSPS) is 31.3. The number of nitrogens with zero attached hydrogens (tertiary/aromatic N) is 1. The number of hydrogen-bond acceptors (Lipinski definition) is 3. The van der Waals surface area contributed by atoms with Gasteiger partial charge in [0.25, 0.3) is 0 Å². The van der Waals surface area contributed by atoms with Crippen molar-refractivity contribution in [3.8, 4) is 0 Å². The fourth-order valence-electron chi connectivity index (χ4n) is 2.28. The van der Waals surface area contributed by atoms with Gasteiger partial charge in [-0.3, -0.25) is 4.90 Å². The van der Waals surface area contributed by atoms with Crippen LogP contribution in [-0.4, -0.2) is 44.3 Å². The van der Waals surface area contributed by atoms with Crippen molar-refractivity contribution in [2.45, 2.75) is 38.8 Å². The van der Waals surface area contributed by atoms with Crippen LogP contribution in [0.4, 0.5) is 0 Å². The first-order valence-electron chi connectivity index (χ1n) is 5.44. The fourth-order valence-corrected chi connectivity index (χ4v) is 2.28. The van der Waals surface area contributed by atoms with E-state index in [0.29, 0.717) is 17.5 Å². The van der Waals surface area contributed by atoms with Gasteiger partial charge in [0.15, 0.2) is 0 Å². The van der Waals surface area contributed by atoms with Crippen LogP contribution in [0.5, 0.6) is 0 Å². The lowest BCUT2D eigenvalue weighted by atomic mass is 9.87. The van der Waals surface area contributed by atoms with Crippen LogP contribution in [0, 0.1) is 5.41 Å². The summed E-state index contributed by atoms with van der Waals surface area (Å²) in [6.45, 7) is 6.30. The Balaban J connectivity index is 2.46. The van der Waals surface area contributed by atoms with Crippen molar-refractivity contribution in [3.05, 3.63) is 0 Å². The molecule has 2 unspecified atom stereocenters. The third kappa shape index (κ3) is 2.47. The van der Waals surface area contributed by atoms with Gasteiger partial charge in [0.05, 0.1) is 6.61 Å². The second kappa shape index (κ2) is 4.60. The largest absolute Gasteiger partial charge is 0.383 e. The molecule has 1 aliphatic rings. The molecule has 2 N–H and O–H groups in total. The van der Waals surface area contributed by atoms with Gasteiger partial charge in [-0.2, -0.15) is 0 Å². The van der Waals surface area contributed by atoms with Crippen LogP contribution in [0.3, 0.4) is 0 Å². The smallest absolute Gasteiger partial charge is 0.0589 e. The van der Waals surface area contributed by atoms with E-state index in [1.165, 1.54) is 12.8 Å². The van der Waals surface area contributed by atoms with Crippen molar-refractivity contribution in [1.82, 2.24) is 4.90 Å². The summed E-state index contributed by atoms with van der Waals surface area (Å²) in [5, 5.41) is 0. The highest BCUT2D eigenvalue weighted by atomic mass is 16.5. The Morgan fingerprint density at radius 3 is 2.57 bits per heavy atom. The molecular formula is C11H24N2O. The molecule has 0 radical (unpaired) electrons. The Morgan fingerprint density at radius 1 is 1.50 bits per heavy atom. The van der Waals surface area contributed by atoms with E-state index in [0.717, 1.165) is 13.2 Å². The Bertz CT molecular complexity index is 182. The van der Waals surface area contributed by atoms with Gasteiger partial charge in [0, 0.05) is 25.7 Å². The third-order valence-electron chi connectivity index (χ3n) is 3.62. The standard InChI is InChI=1S/C11H24N2O/c1-11(2)6-5-9(10(11)12)13(3)7-8-14-4/h9-10H,5-8,12H2,1-4H3. The van der Waals surface area contributed by atoms with E-state index < -0.39 is 0 Å². The topological polar surface area (TPSA) is 38.5 Å². The molecule has 14 heavy (non-hydrogen) atoms. The molecule has 84 valence electrons. The molecular weight excluding hydrogens is 176 g/mol. The highest BCUT2D eigenvalue weighted by molar-refractivity contribution is 4.98. The van der Waals surface area contributed by atoms with Gasteiger partial charge in [-0.15, -0.1) is 0 Å². The molecule has 0 aromatic heterocycles. The summed E-state index contributed by atoms with van der Waals surface area (Å²) in [5.74, 6) is 0. The number of ether oxygens (including phenoxy) is 1. The molecule has 0 amide bonds. The fraction of sp³-hybridized carbons (Fsp3) is 1.00. The minimum Gasteiger partial charge on any atom is -0.383 e. The lowest BCUT2D eigenvalue weighted by Crippen LogP contribution is -2.48. The molecule has 0 aromatic carbocycles. The monoisotopic (exact) mass is 200 g/mol. The predicted octanol–water partition coefficient (Wildman–Crippen LogP) is 1.08. The van der Waals surface area contributed by atoms with Crippen LogP contribution >= 0.6 is 0 Å². The molecule has 0 aromatic rings. The number of hydrogen-bond donors (Lipinski definition) is 1. The molecule has 0 bridgehead atoms. The first-order chi connectivity index (χ1) is 6.49. The first kappa shape index (κ1) is 12.0. The average molecular weight is 200 g/mol. The van der Waals surface area contributed by atoms with Crippen molar-refractivity contribution < 1.29 is 4.74 Å². The van der Waals surface area contributed by atoms with Crippen molar-refractivity contribution in [1.29, 1.82) is 0 Å². The number of rotatable bonds is 4. The Morgan fingerprint density at radius 2 is 2.14 bits per heavy atom. The maximum atomic E-state index is 6.25. The molecule has 2 atom stereocenters.